The second-order valence-electron chi connectivity index (χ2n) is 6.03. The van der Waals surface area contributed by atoms with Gasteiger partial charge in [0.05, 0.1) is 12.0 Å². The predicted octanol–water partition coefficient (Wildman–Crippen LogP) is 1.33. The van der Waals surface area contributed by atoms with E-state index in [9.17, 15) is 13.6 Å². The minimum atomic E-state index is -0.554. The monoisotopic (exact) mass is 335 g/mol. The molecule has 2 heterocycles. The summed E-state index contributed by atoms with van der Waals surface area (Å²) in [6.07, 6.45) is 3.57. The summed E-state index contributed by atoms with van der Waals surface area (Å²) in [5.41, 5.74) is 7.07. The fraction of sp³-hybridized carbons (Fsp3) is 0.375. The normalized spacial score (nSPS) is 20.4. The first kappa shape index (κ1) is 16.4. The van der Waals surface area contributed by atoms with Crippen LogP contribution in [0.5, 0.6) is 0 Å². The van der Waals surface area contributed by atoms with Crippen LogP contribution in [0.3, 0.4) is 0 Å². The van der Waals surface area contributed by atoms with Crippen molar-refractivity contribution in [3.8, 4) is 0 Å². The molecule has 3 N–H and O–H groups in total. The number of amides is 2. The molecule has 6 nitrogen and oxygen atoms in total. The molecule has 1 aromatic carbocycles. The number of carbonyl (C=O) groups is 1. The van der Waals surface area contributed by atoms with Gasteiger partial charge < -0.3 is 20.5 Å². The van der Waals surface area contributed by atoms with Gasteiger partial charge in [0.2, 0.25) is 0 Å². The summed E-state index contributed by atoms with van der Waals surface area (Å²) in [5, 5.41) is 2.61. The molecule has 8 heteroatoms. The maximum absolute atomic E-state index is 13.6. The number of hydrogen-bond acceptors (Lipinski definition) is 3. The first-order valence-corrected chi connectivity index (χ1v) is 7.64. The first-order valence-electron chi connectivity index (χ1n) is 7.64. The zero-order chi connectivity index (χ0) is 17.3. The van der Waals surface area contributed by atoms with Crippen molar-refractivity contribution in [1.82, 2.24) is 19.8 Å². The molecule has 2 amide bonds. The molecule has 0 aliphatic carbocycles. The summed E-state index contributed by atoms with van der Waals surface area (Å²) in [7, 11) is 1.87. The van der Waals surface area contributed by atoms with E-state index >= 15 is 0 Å². The summed E-state index contributed by atoms with van der Waals surface area (Å²) in [6, 6.07) is 2.59. The summed E-state index contributed by atoms with van der Waals surface area (Å²) < 4.78 is 28.6. The van der Waals surface area contributed by atoms with E-state index in [1.165, 1.54) is 0 Å². The molecule has 128 valence electrons. The van der Waals surface area contributed by atoms with Crippen molar-refractivity contribution in [2.24, 2.45) is 12.8 Å². The van der Waals surface area contributed by atoms with Crippen LogP contribution in [0.2, 0.25) is 0 Å². The number of nitrogens with one attached hydrogen (secondary N) is 1. The SMILES string of the molecule is Cn1cnc([C@@H]2CN(C(=O)NCc3cc(F)ccc3F)C[C@H]2N)c1. The van der Waals surface area contributed by atoms with E-state index in [1.807, 2.05) is 17.8 Å². The van der Waals surface area contributed by atoms with E-state index in [1.54, 1.807) is 11.2 Å². The molecule has 24 heavy (non-hydrogen) atoms. The Balaban J connectivity index is 1.61. The highest BCUT2D eigenvalue weighted by Gasteiger charge is 2.35. The molecule has 1 saturated heterocycles. The number of carbonyl (C=O) groups excluding carboxylic acids is 1. The lowest BCUT2D eigenvalue weighted by Crippen LogP contribution is -2.39. The van der Waals surface area contributed by atoms with Crippen molar-refractivity contribution in [1.29, 1.82) is 0 Å². The summed E-state index contributed by atoms with van der Waals surface area (Å²) in [4.78, 5) is 18.1. The molecular formula is C16H19F2N5O. The van der Waals surface area contributed by atoms with Crippen molar-refractivity contribution >= 4 is 6.03 Å². The van der Waals surface area contributed by atoms with Crippen LogP contribution in [0.1, 0.15) is 17.2 Å². The van der Waals surface area contributed by atoms with Gasteiger partial charge >= 0.3 is 6.03 Å². The van der Waals surface area contributed by atoms with Crippen molar-refractivity contribution in [2.75, 3.05) is 13.1 Å². The smallest absolute Gasteiger partial charge is 0.317 e. The second kappa shape index (κ2) is 6.56. The highest BCUT2D eigenvalue weighted by Crippen LogP contribution is 2.25. The zero-order valence-electron chi connectivity index (χ0n) is 13.2. The molecule has 0 unspecified atom stereocenters. The summed E-state index contributed by atoms with van der Waals surface area (Å²) in [6.45, 7) is 0.747. The number of urea groups is 1. The lowest BCUT2D eigenvalue weighted by molar-refractivity contribution is 0.207. The van der Waals surface area contributed by atoms with E-state index in [0.29, 0.717) is 13.1 Å². The molecule has 3 rings (SSSR count). The van der Waals surface area contributed by atoms with E-state index < -0.39 is 11.6 Å². The maximum Gasteiger partial charge on any atom is 0.317 e. The number of rotatable bonds is 3. The Bertz CT molecular complexity index is 748. The number of aryl methyl sites for hydroxylation is 1. The van der Waals surface area contributed by atoms with Gasteiger partial charge in [0.1, 0.15) is 11.6 Å². The summed E-state index contributed by atoms with van der Waals surface area (Å²) >= 11 is 0. The Kier molecular flexibility index (Phi) is 4.48. The number of likely N-dealkylation sites (tertiary alicyclic amines) is 1. The third-order valence-corrected chi connectivity index (χ3v) is 4.19. The Morgan fingerprint density at radius 3 is 2.92 bits per heavy atom. The van der Waals surface area contributed by atoms with Crippen molar-refractivity contribution in [3.05, 3.63) is 53.6 Å². The Hall–Kier alpha value is -2.48. The minimum Gasteiger partial charge on any atom is -0.340 e. The van der Waals surface area contributed by atoms with Crippen molar-refractivity contribution < 1.29 is 13.6 Å². The largest absolute Gasteiger partial charge is 0.340 e. The maximum atomic E-state index is 13.6. The number of hydrogen-bond donors (Lipinski definition) is 2. The fourth-order valence-electron chi connectivity index (χ4n) is 2.89. The van der Waals surface area contributed by atoms with Gasteiger partial charge in [-0.2, -0.15) is 0 Å². The molecule has 0 spiro atoms. The van der Waals surface area contributed by atoms with Crippen molar-refractivity contribution in [3.63, 3.8) is 0 Å². The van der Waals surface area contributed by atoms with E-state index in [4.69, 9.17) is 5.73 Å². The van der Waals surface area contributed by atoms with Gasteiger partial charge in [-0.25, -0.2) is 18.6 Å². The predicted molar refractivity (Wildman–Crippen MR) is 84.1 cm³/mol. The highest BCUT2D eigenvalue weighted by atomic mass is 19.1. The van der Waals surface area contributed by atoms with Crippen molar-refractivity contribution in [2.45, 2.75) is 18.5 Å². The number of benzene rings is 1. The third kappa shape index (κ3) is 3.38. The molecule has 2 aromatic rings. The van der Waals surface area contributed by atoms with Gasteiger partial charge in [-0.15, -0.1) is 0 Å². The second-order valence-corrected chi connectivity index (χ2v) is 6.03. The van der Waals surface area contributed by atoms with Gasteiger partial charge in [0.15, 0.2) is 0 Å². The van der Waals surface area contributed by atoms with Crippen LogP contribution in [0.15, 0.2) is 30.7 Å². The molecule has 1 aromatic heterocycles. The molecule has 0 radical (unpaired) electrons. The Morgan fingerprint density at radius 1 is 1.42 bits per heavy atom. The van der Waals surface area contributed by atoms with E-state index in [2.05, 4.69) is 10.3 Å². The van der Waals surface area contributed by atoms with E-state index in [0.717, 1.165) is 23.9 Å². The summed E-state index contributed by atoms with van der Waals surface area (Å²) in [5.74, 6) is -1.14. The molecule has 2 atom stereocenters. The highest BCUT2D eigenvalue weighted by molar-refractivity contribution is 5.74. The number of nitrogens with two attached hydrogens (primary N) is 1. The molecular weight excluding hydrogens is 316 g/mol. The van der Waals surface area contributed by atoms with Crippen LogP contribution in [-0.2, 0) is 13.6 Å². The van der Waals surface area contributed by atoms with Crippen LogP contribution >= 0.6 is 0 Å². The van der Waals surface area contributed by atoms with Gasteiger partial charge in [0.25, 0.3) is 0 Å². The van der Waals surface area contributed by atoms with Gasteiger partial charge in [0, 0.05) is 50.4 Å². The molecule has 0 saturated carbocycles. The van der Waals surface area contributed by atoms with Gasteiger partial charge in [-0.3, -0.25) is 0 Å². The van der Waals surface area contributed by atoms with Crippen LogP contribution in [0, 0.1) is 11.6 Å². The number of imidazole rings is 1. The van der Waals surface area contributed by atoms with Gasteiger partial charge in [-0.1, -0.05) is 0 Å². The average molecular weight is 335 g/mol. The zero-order valence-corrected chi connectivity index (χ0v) is 13.2. The topological polar surface area (TPSA) is 76.2 Å². The minimum absolute atomic E-state index is 0.0390. The number of halogens is 2. The molecule has 1 fully saturated rings. The van der Waals surface area contributed by atoms with E-state index in [-0.39, 0.29) is 30.1 Å². The first-order chi connectivity index (χ1) is 11.4. The lowest BCUT2D eigenvalue weighted by atomic mass is 10.0. The van der Waals surface area contributed by atoms with Crippen LogP contribution in [0.4, 0.5) is 13.6 Å². The van der Waals surface area contributed by atoms with Crippen LogP contribution in [-0.4, -0.2) is 39.6 Å². The standard InChI is InChI=1S/C16H19F2N5O/c1-22-8-15(21-9-22)12-6-23(7-14(12)19)16(24)20-5-10-4-11(17)2-3-13(10)18/h2-4,8-9,12,14H,5-7,19H2,1H3,(H,20,24)/t12-,14-/m1/s1. The number of nitrogens with zero attached hydrogens (tertiary/aromatic N) is 3. The van der Waals surface area contributed by atoms with Crippen LogP contribution < -0.4 is 11.1 Å². The molecule has 1 aliphatic rings. The Labute approximate surface area is 138 Å². The number of aromatic nitrogens is 2. The Morgan fingerprint density at radius 2 is 2.21 bits per heavy atom. The molecule has 0 bridgehead atoms. The third-order valence-electron chi connectivity index (χ3n) is 4.19. The molecule has 1 aliphatic heterocycles. The van der Waals surface area contributed by atoms with Gasteiger partial charge in [-0.05, 0) is 18.2 Å². The van der Waals surface area contributed by atoms with Crippen LogP contribution in [0.25, 0.3) is 0 Å². The average Bonchev–Trinajstić information content (AvgIpc) is 3.13. The lowest BCUT2D eigenvalue weighted by Gasteiger charge is -2.17. The quantitative estimate of drug-likeness (QED) is 0.889. The fourth-order valence-corrected chi connectivity index (χ4v) is 2.89.